The number of aromatic nitrogens is 2. The molecule has 3 aromatic carbocycles. The number of carbonyl (C=O) groups is 1. The quantitative estimate of drug-likeness (QED) is 0.511. The second-order valence-corrected chi connectivity index (χ2v) is 6.55. The molecule has 0 aliphatic rings. The number of para-hydroxylation sites is 2. The fourth-order valence-corrected chi connectivity index (χ4v) is 3.27. The molecule has 0 aliphatic carbocycles. The molecule has 0 saturated heterocycles. The number of hydrogen-bond donors (Lipinski definition) is 2. The van der Waals surface area contributed by atoms with E-state index in [1.54, 1.807) is 13.2 Å². The van der Waals surface area contributed by atoms with Crippen molar-refractivity contribution in [2.45, 2.75) is 6.54 Å². The first-order chi connectivity index (χ1) is 14.2. The Hall–Kier alpha value is -3.80. The number of hydrogen-bond acceptors (Lipinski definition) is 3. The number of nitrogens with zero attached hydrogens (tertiary/aromatic N) is 2. The van der Waals surface area contributed by atoms with E-state index in [1.165, 1.54) is 0 Å². The van der Waals surface area contributed by atoms with Crippen LogP contribution in [0.25, 0.3) is 22.4 Å². The number of urea groups is 1. The van der Waals surface area contributed by atoms with Gasteiger partial charge in [-0.2, -0.15) is 0 Å². The lowest BCUT2D eigenvalue weighted by Crippen LogP contribution is -2.31. The first-order valence-electron chi connectivity index (χ1n) is 9.44. The van der Waals surface area contributed by atoms with Crippen LogP contribution >= 0.6 is 0 Å². The normalized spacial score (nSPS) is 10.7. The molecule has 6 heteroatoms. The number of carbonyl (C=O) groups excluding carboxylic acids is 1. The number of ether oxygens (including phenoxy) is 1. The molecule has 146 valence electrons. The maximum absolute atomic E-state index is 12.3. The maximum Gasteiger partial charge on any atom is 0.319 e. The topological polar surface area (TPSA) is 68.2 Å². The molecule has 4 aromatic rings. The summed E-state index contributed by atoms with van der Waals surface area (Å²) in [6.07, 6.45) is 0. The van der Waals surface area contributed by atoms with Gasteiger partial charge in [-0.25, -0.2) is 9.78 Å². The summed E-state index contributed by atoms with van der Waals surface area (Å²) in [5, 5.41) is 5.74. The summed E-state index contributed by atoms with van der Waals surface area (Å²) in [5.41, 5.74) is 3.71. The molecule has 1 aromatic heterocycles. The molecule has 0 saturated carbocycles. The van der Waals surface area contributed by atoms with Crippen molar-refractivity contribution in [3.05, 3.63) is 78.9 Å². The number of nitrogens with one attached hydrogen (secondary N) is 2. The Bertz CT molecular complexity index is 1120. The number of methoxy groups -OCH3 is 1. The molecule has 0 spiro atoms. The zero-order valence-electron chi connectivity index (χ0n) is 16.1. The highest BCUT2D eigenvalue weighted by atomic mass is 16.5. The van der Waals surface area contributed by atoms with Gasteiger partial charge >= 0.3 is 6.03 Å². The van der Waals surface area contributed by atoms with Crippen LogP contribution in [-0.4, -0.2) is 29.2 Å². The fraction of sp³-hybridized carbons (Fsp3) is 0.130. The van der Waals surface area contributed by atoms with E-state index >= 15 is 0 Å². The average Bonchev–Trinajstić information content (AvgIpc) is 3.13. The van der Waals surface area contributed by atoms with E-state index in [0.717, 1.165) is 22.4 Å². The summed E-state index contributed by atoms with van der Waals surface area (Å²) >= 11 is 0. The van der Waals surface area contributed by atoms with Crippen LogP contribution in [0.5, 0.6) is 5.75 Å². The summed E-state index contributed by atoms with van der Waals surface area (Å²) in [6.45, 7) is 1.08. The number of benzene rings is 3. The Morgan fingerprint density at radius 3 is 2.62 bits per heavy atom. The van der Waals surface area contributed by atoms with E-state index in [0.29, 0.717) is 24.5 Å². The SMILES string of the molecule is COc1cccc(NC(=O)NCCn2c(-c3ccccc3)nc3ccccc32)c1. The summed E-state index contributed by atoms with van der Waals surface area (Å²) in [4.78, 5) is 17.1. The van der Waals surface area contributed by atoms with Crippen molar-refractivity contribution in [1.29, 1.82) is 0 Å². The molecular weight excluding hydrogens is 364 g/mol. The molecule has 1 heterocycles. The molecule has 6 nitrogen and oxygen atoms in total. The van der Waals surface area contributed by atoms with Gasteiger partial charge in [0.05, 0.1) is 18.1 Å². The van der Waals surface area contributed by atoms with Crippen molar-refractivity contribution in [2.24, 2.45) is 0 Å². The van der Waals surface area contributed by atoms with Gasteiger partial charge in [-0.15, -0.1) is 0 Å². The Morgan fingerprint density at radius 2 is 1.79 bits per heavy atom. The Kier molecular flexibility index (Phi) is 5.42. The van der Waals surface area contributed by atoms with Gasteiger partial charge in [-0.1, -0.05) is 48.5 Å². The highest BCUT2D eigenvalue weighted by Gasteiger charge is 2.12. The van der Waals surface area contributed by atoms with Crippen LogP contribution in [0.4, 0.5) is 10.5 Å². The van der Waals surface area contributed by atoms with Crippen molar-refractivity contribution < 1.29 is 9.53 Å². The minimum Gasteiger partial charge on any atom is -0.497 e. The van der Waals surface area contributed by atoms with E-state index in [9.17, 15) is 4.79 Å². The standard InChI is InChI=1S/C23H22N4O2/c1-29-19-11-7-10-18(16-19)25-23(28)24-14-15-27-21-13-6-5-12-20(21)26-22(27)17-8-3-2-4-9-17/h2-13,16H,14-15H2,1H3,(H2,24,25,28). The molecular formula is C23H22N4O2. The van der Waals surface area contributed by atoms with Crippen LogP contribution in [0.2, 0.25) is 0 Å². The fourth-order valence-electron chi connectivity index (χ4n) is 3.27. The van der Waals surface area contributed by atoms with E-state index in [1.807, 2.05) is 72.8 Å². The molecule has 2 amide bonds. The number of fused-ring (bicyclic) bond motifs is 1. The van der Waals surface area contributed by atoms with E-state index in [4.69, 9.17) is 9.72 Å². The maximum atomic E-state index is 12.3. The monoisotopic (exact) mass is 386 g/mol. The van der Waals surface area contributed by atoms with E-state index in [-0.39, 0.29) is 6.03 Å². The minimum atomic E-state index is -0.260. The van der Waals surface area contributed by atoms with Crippen LogP contribution in [-0.2, 0) is 6.54 Å². The number of rotatable bonds is 6. The summed E-state index contributed by atoms with van der Waals surface area (Å²) < 4.78 is 7.32. The third kappa shape index (κ3) is 4.21. The van der Waals surface area contributed by atoms with Crippen molar-refractivity contribution in [2.75, 3.05) is 19.0 Å². The van der Waals surface area contributed by atoms with Gasteiger partial charge in [-0.05, 0) is 24.3 Å². The van der Waals surface area contributed by atoms with Crippen LogP contribution in [0.3, 0.4) is 0 Å². The van der Waals surface area contributed by atoms with Crippen molar-refractivity contribution in [1.82, 2.24) is 14.9 Å². The molecule has 0 atom stereocenters. The summed E-state index contributed by atoms with van der Waals surface area (Å²) in [7, 11) is 1.60. The average molecular weight is 386 g/mol. The van der Waals surface area contributed by atoms with Gasteiger partial charge in [-0.3, -0.25) is 0 Å². The molecule has 2 N–H and O–H groups in total. The lowest BCUT2D eigenvalue weighted by Gasteiger charge is -2.12. The third-order valence-electron chi connectivity index (χ3n) is 4.64. The second-order valence-electron chi connectivity index (χ2n) is 6.55. The molecule has 0 bridgehead atoms. The van der Waals surface area contributed by atoms with Crippen molar-refractivity contribution in [3.63, 3.8) is 0 Å². The third-order valence-corrected chi connectivity index (χ3v) is 4.64. The van der Waals surface area contributed by atoms with Gasteiger partial charge in [0.2, 0.25) is 0 Å². The Balaban J connectivity index is 1.47. The van der Waals surface area contributed by atoms with Gasteiger partial charge in [0.1, 0.15) is 11.6 Å². The highest BCUT2D eigenvalue weighted by molar-refractivity contribution is 5.89. The molecule has 0 radical (unpaired) electrons. The minimum absolute atomic E-state index is 0.260. The second kappa shape index (κ2) is 8.48. The van der Waals surface area contributed by atoms with E-state index < -0.39 is 0 Å². The smallest absolute Gasteiger partial charge is 0.319 e. The van der Waals surface area contributed by atoms with Crippen LogP contribution in [0.1, 0.15) is 0 Å². The highest BCUT2D eigenvalue weighted by Crippen LogP contribution is 2.24. The van der Waals surface area contributed by atoms with Crippen molar-refractivity contribution >= 4 is 22.8 Å². The largest absolute Gasteiger partial charge is 0.497 e. The van der Waals surface area contributed by atoms with Crippen LogP contribution in [0.15, 0.2) is 78.9 Å². The molecule has 0 unspecified atom stereocenters. The van der Waals surface area contributed by atoms with Gasteiger partial charge < -0.3 is 19.9 Å². The van der Waals surface area contributed by atoms with Gasteiger partial charge in [0.25, 0.3) is 0 Å². The lowest BCUT2D eigenvalue weighted by molar-refractivity contribution is 0.251. The molecule has 0 fully saturated rings. The number of imidazole rings is 1. The zero-order chi connectivity index (χ0) is 20.1. The predicted molar refractivity (Wildman–Crippen MR) is 115 cm³/mol. The molecule has 4 rings (SSSR count). The van der Waals surface area contributed by atoms with Crippen LogP contribution < -0.4 is 15.4 Å². The Morgan fingerprint density at radius 1 is 1.00 bits per heavy atom. The molecule has 29 heavy (non-hydrogen) atoms. The predicted octanol–water partition coefficient (Wildman–Crippen LogP) is 4.53. The van der Waals surface area contributed by atoms with Gasteiger partial charge in [0, 0.05) is 30.4 Å². The first kappa shape index (κ1) is 18.6. The number of anilines is 1. The van der Waals surface area contributed by atoms with Crippen molar-refractivity contribution in [3.8, 4) is 17.1 Å². The Labute approximate surface area is 169 Å². The van der Waals surface area contributed by atoms with E-state index in [2.05, 4.69) is 15.2 Å². The summed E-state index contributed by atoms with van der Waals surface area (Å²) in [6, 6.07) is 25.1. The lowest BCUT2D eigenvalue weighted by atomic mass is 10.2. The zero-order valence-corrected chi connectivity index (χ0v) is 16.1. The van der Waals surface area contributed by atoms with Gasteiger partial charge in [0.15, 0.2) is 0 Å². The number of amides is 2. The summed E-state index contributed by atoms with van der Waals surface area (Å²) in [5.74, 6) is 1.59. The van der Waals surface area contributed by atoms with Crippen LogP contribution in [0, 0.1) is 0 Å². The molecule has 0 aliphatic heterocycles. The first-order valence-corrected chi connectivity index (χ1v) is 9.44.